The first kappa shape index (κ1) is 22.6. The maximum absolute atomic E-state index is 12.6. The molecule has 0 radical (unpaired) electrons. The third kappa shape index (κ3) is 5.00. The summed E-state index contributed by atoms with van der Waals surface area (Å²) in [6, 6.07) is 3.91. The molecule has 1 aliphatic carbocycles. The number of hydrogen-bond acceptors (Lipinski definition) is 7. The number of primary amides is 1. The number of rotatable bonds is 6. The highest BCUT2D eigenvalue weighted by atomic mass is 32.1. The van der Waals surface area contributed by atoms with Gasteiger partial charge in [-0.2, -0.15) is 0 Å². The number of ether oxygens (including phenoxy) is 1. The van der Waals surface area contributed by atoms with Crippen molar-refractivity contribution in [1.82, 2.24) is 5.32 Å². The number of carbonyl (C=O) groups excluding carboxylic acids is 2. The first-order valence-electron chi connectivity index (χ1n) is 9.69. The smallest absolute Gasteiger partial charge is 0.311 e. The number of hydrogen-bond donors (Lipinski definition) is 3. The minimum Gasteiger partial charge on any atom is -0.487 e. The first-order valence-corrected chi connectivity index (χ1v) is 10.9. The summed E-state index contributed by atoms with van der Waals surface area (Å²) in [5.74, 6) is -0.582. The van der Waals surface area contributed by atoms with Gasteiger partial charge < -0.3 is 15.8 Å². The molecular formula is C20H22N4O5S2. The Morgan fingerprint density at radius 1 is 1.42 bits per heavy atom. The molecule has 2 amide bonds. The molecule has 0 aliphatic heterocycles. The summed E-state index contributed by atoms with van der Waals surface area (Å²) in [7, 11) is 0. The van der Waals surface area contributed by atoms with Crippen LogP contribution in [0.25, 0.3) is 0 Å². The van der Waals surface area contributed by atoms with Gasteiger partial charge in [0, 0.05) is 16.5 Å². The zero-order valence-electron chi connectivity index (χ0n) is 17.0. The van der Waals surface area contributed by atoms with Crippen LogP contribution in [0.5, 0.6) is 5.75 Å². The Kier molecular flexibility index (Phi) is 6.86. The Balaban J connectivity index is 1.77. The Labute approximate surface area is 188 Å². The fourth-order valence-electron chi connectivity index (χ4n) is 3.49. The second-order valence-electron chi connectivity index (χ2n) is 7.20. The maximum atomic E-state index is 12.6. The lowest BCUT2D eigenvalue weighted by atomic mass is 9.88. The Morgan fingerprint density at radius 2 is 2.16 bits per heavy atom. The number of carbonyl (C=O) groups is 2. The Bertz CT molecular complexity index is 1070. The fourth-order valence-corrected chi connectivity index (χ4v) is 5.17. The van der Waals surface area contributed by atoms with Crippen LogP contribution in [-0.4, -0.2) is 28.5 Å². The number of anilines is 1. The number of nitro benzene ring substituents is 1. The van der Waals surface area contributed by atoms with Crippen LogP contribution in [0.3, 0.4) is 0 Å². The van der Waals surface area contributed by atoms with Gasteiger partial charge in [-0.25, -0.2) is 0 Å². The molecule has 9 nitrogen and oxygen atoms in total. The SMILES string of the molecule is CCOc1ccc(C(=O)NC(=S)Nc2sc3c(c2C(N)=O)CC[C@@H](C)C3)cc1[N+](=O)[O-]. The highest BCUT2D eigenvalue weighted by Crippen LogP contribution is 2.39. The molecule has 0 bridgehead atoms. The number of nitro groups is 1. The van der Waals surface area contributed by atoms with E-state index in [4.69, 9.17) is 22.7 Å². The van der Waals surface area contributed by atoms with Crippen molar-refractivity contribution >= 4 is 51.2 Å². The second-order valence-corrected chi connectivity index (χ2v) is 8.71. The predicted molar refractivity (Wildman–Crippen MR) is 122 cm³/mol. The molecule has 1 atom stereocenters. The van der Waals surface area contributed by atoms with Crippen molar-refractivity contribution in [3.05, 3.63) is 49.9 Å². The number of nitrogens with zero attached hydrogens (tertiary/aromatic N) is 1. The summed E-state index contributed by atoms with van der Waals surface area (Å²) in [4.78, 5) is 36.3. The molecule has 1 heterocycles. The van der Waals surface area contributed by atoms with Crippen molar-refractivity contribution in [3.8, 4) is 5.75 Å². The van der Waals surface area contributed by atoms with Crippen LogP contribution < -0.4 is 21.1 Å². The summed E-state index contributed by atoms with van der Waals surface area (Å²) in [5, 5.41) is 17.1. The number of amides is 2. The summed E-state index contributed by atoms with van der Waals surface area (Å²) < 4.78 is 5.22. The maximum Gasteiger partial charge on any atom is 0.311 e. The summed E-state index contributed by atoms with van der Waals surface area (Å²) >= 11 is 6.63. The van der Waals surface area contributed by atoms with Crippen molar-refractivity contribution in [3.63, 3.8) is 0 Å². The van der Waals surface area contributed by atoms with Crippen molar-refractivity contribution in [2.45, 2.75) is 33.1 Å². The molecule has 164 valence electrons. The summed E-state index contributed by atoms with van der Waals surface area (Å²) in [6.45, 7) is 4.12. The van der Waals surface area contributed by atoms with Crippen LogP contribution in [0, 0.1) is 16.0 Å². The van der Waals surface area contributed by atoms with E-state index >= 15 is 0 Å². The minimum atomic E-state index is -0.626. The number of nitrogens with one attached hydrogen (secondary N) is 2. The Hall–Kier alpha value is -3.05. The lowest BCUT2D eigenvalue weighted by Gasteiger charge is -2.18. The molecule has 0 unspecified atom stereocenters. The highest BCUT2D eigenvalue weighted by Gasteiger charge is 2.27. The fraction of sp³-hybridized carbons (Fsp3) is 0.350. The number of fused-ring (bicyclic) bond motifs is 1. The molecule has 31 heavy (non-hydrogen) atoms. The predicted octanol–water partition coefficient (Wildman–Crippen LogP) is 3.41. The number of thiophene rings is 1. The van der Waals surface area contributed by atoms with E-state index in [1.54, 1.807) is 6.92 Å². The molecule has 2 aromatic rings. The largest absolute Gasteiger partial charge is 0.487 e. The van der Waals surface area contributed by atoms with Crippen molar-refractivity contribution < 1.29 is 19.2 Å². The monoisotopic (exact) mass is 462 g/mol. The topological polar surface area (TPSA) is 137 Å². The lowest BCUT2D eigenvalue weighted by Crippen LogP contribution is -2.34. The van der Waals surface area contributed by atoms with Crippen molar-refractivity contribution in [1.29, 1.82) is 0 Å². The lowest BCUT2D eigenvalue weighted by molar-refractivity contribution is -0.385. The standard InChI is InChI=1S/C20H22N4O5S2/c1-3-29-14-7-5-11(9-13(14)24(27)28)18(26)22-20(30)23-19-16(17(21)25)12-6-4-10(2)8-15(12)31-19/h5,7,9-10H,3-4,6,8H2,1-2H3,(H2,21,25)(H2,22,23,26,30)/t10-/m1/s1. The molecule has 3 rings (SSSR count). The molecular weight excluding hydrogens is 440 g/mol. The quantitative estimate of drug-likeness (QED) is 0.340. The average Bonchev–Trinajstić information content (AvgIpc) is 3.04. The van der Waals surface area contributed by atoms with Crippen LogP contribution in [0.1, 0.15) is 51.4 Å². The molecule has 0 fully saturated rings. The molecule has 1 aromatic carbocycles. The molecule has 0 spiro atoms. The van der Waals surface area contributed by atoms with Crippen LogP contribution in [0.15, 0.2) is 18.2 Å². The minimum absolute atomic E-state index is 0.0318. The molecule has 11 heteroatoms. The molecule has 4 N–H and O–H groups in total. The third-order valence-corrected chi connectivity index (χ3v) is 6.30. The first-order chi connectivity index (χ1) is 14.7. The van der Waals surface area contributed by atoms with E-state index in [0.717, 1.165) is 35.8 Å². The zero-order valence-corrected chi connectivity index (χ0v) is 18.7. The van der Waals surface area contributed by atoms with Crippen LogP contribution in [-0.2, 0) is 12.8 Å². The van der Waals surface area contributed by atoms with Gasteiger partial charge in [0.25, 0.3) is 11.8 Å². The molecule has 0 saturated carbocycles. The van der Waals surface area contributed by atoms with Gasteiger partial charge in [0.1, 0.15) is 5.00 Å². The van der Waals surface area contributed by atoms with E-state index < -0.39 is 16.7 Å². The normalized spacial score (nSPS) is 15.0. The second kappa shape index (κ2) is 9.40. The van der Waals surface area contributed by atoms with Crippen molar-refractivity contribution in [2.75, 3.05) is 11.9 Å². The molecule has 1 aliphatic rings. The number of nitrogens with two attached hydrogens (primary N) is 1. The van der Waals surface area contributed by atoms with Crippen molar-refractivity contribution in [2.24, 2.45) is 11.7 Å². The molecule has 0 saturated heterocycles. The van der Waals surface area contributed by atoms with Crippen LogP contribution >= 0.6 is 23.6 Å². The Morgan fingerprint density at radius 3 is 2.81 bits per heavy atom. The summed E-state index contributed by atoms with van der Waals surface area (Å²) in [6.07, 6.45) is 2.60. The number of benzene rings is 1. The van der Waals surface area contributed by atoms with Crippen LogP contribution in [0.4, 0.5) is 10.7 Å². The van der Waals surface area contributed by atoms with E-state index in [1.165, 1.54) is 23.5 Å². The molecule has 1 aromatic heterocycles. The van der Waals surface area contributed by atoms with Gasteiger partial charge in [-0.05, 0) is 62.0 Å². The van der Waals surface area contributed by atoms with E-state index in [0.29, 0.717) is 16.5 Å². The van der Waals surface area contributed by atoms with E-state index in [2.05, 4.69) is 17.6 Å². The van der Waals surface area contributed by atoms with Crippen LogP contribution in [0.2, 0.25) is 0 Å². The van der Waals surface area contributed by atoms with Gasteiger partial charge in [-0.15, -0.1) is 11.3 Å². The zero-order chi connectivity index (χ0) is 22.7. The van der Waals surface area contributed by atoms with Gasteiger partial charge in [-0.3, -0.25) is 25.0 Å². The highest BCUT2D eigenvalue weighted by molar-refractivity contribution is 7.80. The van der Waals surface area contributed by atoms with Gasteiger partial charge in [0.05, 0.1) is 17.1 Å². The summed E-state index contributed by atoms with van der Waals surface area (Å²) in [5.41, 5.74) is 6.67. The number of thiocarbonyl (C=S) groups is 1. The van der Waals surface area contributed by atoms with Gasteiger partial charge in [0.2, 0.25) is 0 Å². The van der Waals surface area contributed by atoms with Gasteiger partial charge in [-0.1, -0.05) is 6.92 Å². The van der Waals surface area contributed by atoms with E-state index in [9.17, 15) is 19.7 Å². The van der Waals surface area contributed by atoms with E-state index in [-0.39, 0.29) is 28.7 Å². The average molecular weight is 463 g/mol. The van der Waals surface area contributed by atoms with E-state index in [1.807, 2.05) is 0 Å². The third-order valence-electron chi connectivity index (χ3n) is 4.93. The van der Waals surface area contributed by atoms with Gasteiger partial charge in [0.15, 0.2) is 10.9 Å². The van der Waals surface area contributed by atoms with Gasteiger partial charge >= 0.3 is 5.69 Å².